The number of pyridine rings is 1. The number of rotatable bonds is 3. The van der Waals surface area contributed by atoms with Crippen LogP contribution in [0.3, 0.4) is 0 Å². The number of halogens is 3. The van der Waals surface area contributed by atoms with Crippen molar-refractivity contribution in [1.82, 2.24) is 19.9 Å². The number of aromatic nitrogens is 3. The average Bonchev–Trinajstić information content (AvgIpc) is 3.10. The van der Waals surface area contributed by atoms with E-state index < -0.39 is 11.9 Å². The molecule has 0 unspecified atom stereocenters. The molecule has 1 saturated heterocycles. The molecule has 3 N–H and O–H groups in total. The monoisotopic (exact) mass is 453 g/mol. The molecule has 0 saturated carbocycles. The van der Waals surface area contributed by atoms with Gasteiger partial charge in [-0.05, 0) is 57.5 Å². The number of aliphatic hydroxyl groups excluding tert-OH is 1. The molecule has 1 fully saturated rings. The number of fused-ring (bicyclic) bond motifs is 1. The Bertz CT molecular complexity index is 1050. The molecule has 2 aromatic heterocycles. The Labute approximate surface area is 186 Å². The second kappa shape index (κ2) is 8.67. The SMILES string of the molecule is CC(C)(C)n1cnc2c(F)cc(-c3cc(N[C@@H]4CCNC[C@H]4O)ncc3Cl)cc21.Cl. The van der Waals surface area contributed by atoms with E-state index in [2.05, 4.69) is 20.6 Å². The molecule has 4 rings (SSSR count). The fraction of sp³-hybridized carbons (Fsp3) is 0.429. The standard InChI is InChI=1S/C21H25ClFN5O.ClH/c1-21(2,3)28-11-26-20-15(23)6-12(7-17(20)28)13-8-19(25-9-14(13)22)27-16-4-5-24-10-18(16)29;/h6-9,11,16,18,24,29H,4-5,10H2,1-3H3,(H,25,27);1H/t16-,18-;/m1./s1. The molecule has 162 valence electrons. The van der Waals surface area contributed by atoms with Gasteiger partial charge in [-0.25, -0.2) is 14.4 Å². The van der Waals surface area contributed by atoms with Crippen molar-refractivity contribution < 1.29 is 9.50 Å². The van der Waals surface area contributed by atoms with Gasteiger partial charge in [0, 0.05) is 23.8 Å². The van der Waals surface area contributed by atoms with Crippen LogP contribution in [0.15, 0.2) is 30.7 Å². The summed E-state index contributed by atoms with van der Waals surface area (Å²) in [7, 11) is 0. The van der Waals surface area contributed by atoms with Crippen molar-refractivity contribution in [3.8, 4) is 11.1 Å². The lowest BCUT2D eigenvalue weighted by Crippen LogP contribution is -2.47. The Morgan fingerprint density at radius 2 is 2.03 bits per heavy atom. The molecule has 0 radical (unpaired) electrons. The number of benzene rings is 1. The van der Waals surface area contributed by atoms with Gasteiger partial charge in [0.1, 0.15) is 11.3 Å². The number of nitrogens with one attached hydrogen (secondary N) is 2. The van der Waals surface area contributed by atoms with Crippen LogP contribution in [0, 0.1) is 5.82 Å². The minimum Gasteiger partial charge on any atom is -0.390 e. The van der Waals surface area contributed by atoms with E-state index in [4.69, 9.17) is 11.6 Å². The van der Waals surface area contributed by atoms with E-state index in [0.717, 1.165) is 13.0 Å². The molecule has 9 heteroatoms. The zero-order valence-corrected chi connectivity index (χ0v) is 18.7. The first-order valence-electron chi connectivity index (χ1n) is 9.72. The molecule has 3 heterocycles. The molecule has 0 aliphatic carbocycles. The highest BCUT2D eigenvalue weighted by Crippen LogP contribution is 2.34. The van der Waals surface area contributed by atoms with Gasteiger partial charge in [-0.3, -0.25) is 0 Å². The Morgan fingerprint density at radius 1 is 1.27 bits per heavy atom. The summed E-state index contributed by atoms with van der Waals surface area (Å²) >= 11 is 6.41. The molecule has 6 nitrogen and oxygen atoms in total. The van der Waals surface area contributed by atoms with Crippen LogP contribution in [0.5, 0.6) is 0 Å². The lowest BCUT2D eigenvalue weighted by molar-refractivity contribution is 0.128. The first kappa shape index (κ1) is 22.7. The van der Waals surface area contributed by atoms with Crippen LogP contribution in [0.4, 0.5) is 10.2 Å². The number of piperidine rings is 1. The molecule has 1 aliphatic heterocycles. The number of hydrogen-bond acceptors (Lipinski definition) is 5. The molecule has 0 bridgehead atoms. The van der Waals surface area contributed by atoms with Crippen molar-refractivity contribution >= 4 is 40.9 Å². The van der Waals surface area contributed by atoms with Crippen molar-refractivity contribution in [2.24, 2.45) is 0 Å². The summed E-state index contributed by atoms with van der Waals surface area (Å²) in [4.78, 5) is 8.58. The highest BCUT2D eigenvalue weighted by Gasteiger charge is 2.24. The average molecular weight is 454 g/mol. The van der Waals surface area contributed by atoms with Gasteiger partial charge in [0.05, 0.1) is 29.0 Å². The van der Waals surface area contributed by atoms with Crippen molar-refractivity contribution in [2.45, 2.75) is 44.9 Å². The topological polar surface area (TPSA) is 75.0 Å². The predicted octanol–water partition coefficient (Wildman–Crippen LogP) is 4.20. The largest absolute Gasteiger partial charge is 0.390 e. The number of β-amino-alcohol motifs (C(OH)–C–C–N with tert-alkyl or cyclic N) is 1. The van der Waals surface area contributed by atoms with Crippen molar-refractivity contribution in [3.05, 3.63) is 41.6 Å². The first-order valence-corrected chi connectivity index (χ1v) is 10.1. The van der Waals surface area contributed by atoms with Crippen molar-refractivity contribution in [2.75, 3.05) is 18.4 Å². The van der Waals surface area contributed by atoms with Gasteiger partial charge in [0.2, 0.25) is 0 Å². The van der Waals surface area contributed by atoms with Crippen LogP contribution < -0.4 is 10.6 Å². The van der Waals surface area contributed by atoms with Gasteiger partial charge < -0.3 is 20.3 Å². The fourth-order valence-corrected chi connectivity index (χ4v) is 3.92. The van der Waals surface area contributed by atoms with Crippen LogP contribution in [0.1, 0.15) is 27.2 Å². The minimum absolute atomic E-state index is 0. The van der Waals surface area contributed by atoms with Crippen LogP contribution in [0.2, 0.25) is 5.02 Å². The van der Waals surface area contributed by atoms with Gasteiger partial charge >= 0.3 is 0 Å². The Hall–Kier alpha value is -1.93. The Kier molecular flexibility index (Phi) is 6.57. The van der Waals surface area contributed by atoms with E-state index in [0.29, 0.717) is 39.5 Å². The lowest BCUT2D eigenvalue weighted by Gasteiger charge is -2.29. The summed E-state index contributed by atoms with van der Waals surface area (Å²) in [5, 5.41) is 17.0. The number of hydrogen-bond donors (Lipinski definition) is 3. The van der Waals surface area contributed by atoms with E-state index >= 15 is 0 Å². The Morgan fingerprint density at radius 3 is 2.73 bits per heavy atom. The van der Waals surface area contributed by atoms with Crippen molar-refractivity contribution in [3.63, 3.8) is 0 Å². The molecule has 1 aromatic carbocycles. The fourth-order valence-electron chi connectivity index (χ4n) is 3.70. The normalized spacial score (nSPS) is 19.5. The zero-order valence-electron chi connectivity index (χ0n) is 17.1. The maximum absolute atomic E-state index is 14.8. The molecule has 0 spiro atoms. The molecular formula is C21H26Cl2FN5O. The molecule has 1 aliphatic rings. The van der Waals surface area contributed by atoms with Gasteiger partial charge in [0.15, 0.2) is 5.82 Å². The minimum atomic E-state index is -0.500. The van der Waals surface area contributed by atoms with E-state index in [1.54, 1.807) is 18.6 Å². The highest BCUT2D eigenvalue weighted by molar-refractivity contribution is 6.33. The van der Waals surface area contributed by atoms with E-state index in [1.165, 1.54) is 6.07 Å². The number of aliphatic hydroxyl groups is 1. The summed E-state index contributed by atoms with van der Waals surface area (Å²) in [5.41, 5.74) is 2.14. The van der Waals surface area contributed by atoms with Gasteiger partial charge in [-0.15, -0.1) is 12.4 Å². The quantitative estimate of drug-likeness (QED) is 0.553. The summed E-state index contributed by atoms with van der Waals surface area (Å²) in [5.74, 6) is 0.205. The van der Waals surface area contributed by atoms with Gasteiger partial charge in [-0.2, -0.15) is 0 Å². The van der Waals surface area contributed by atoms with E-state index in [-0.39, 0.29) is 24.0 Å². The summed E-state index contributed by atoms with van der Waals surface area (Å²) in [6.07, 6.45) is 3.50. The summed E-state index contributed by atoms with van der Waals surface area (Å²) in [6.45, 7) is 7.50. The second-order valence-electron chi connectivity index (χ2n) is 8.47. The third-order valence-corrected chi connectivity index (χ3v) is 5.58. The van der Waals surface area contributed by atoms with Crippen LogP contribution in [0.25, 0.3) is 22.2 Å². The van der Waals surface area contributed by atoms with E-state index in [1.807, 2.05) is 31.4 Å². The number of imidazole rings is 1. The van der Waals surface area contributed by atoms with Crippen LogP contribution >= 0.6 is 24.0 Å². The first-order chi connectivity index (χ1) is 13.7. The smallest absolute Gasteiger partial charge is 0.151 e. The van der Waals surface area contributed by atoms with Crippen molar-refractivity contribution in [1.29, 1.82) is 0 Å². The number of anilines is 1. The van der Waals surface area contributed by atoms with E-state index in [9.17, 15) is 9.50 Å². The predicted molar refractivity (Wildman–Crippen MR) is 121 cm³/mol. The zero-order chi connectivity index (χ0) is 20.8. The maximum Gasteiger partial charge on any atom is 0.151 e. The molecule has 3 aromatic rings. The summed E-state index contributed by atoms with van der Waals surface area (Å²) < 4.78 is 16.8. The maximum atomic E-state index is 14.8. The second-order valence-corrected chi connectivity index (χ2v) is 8.88. The van der Waals surface area contributed by atoms with Crippen LogP contribution in [-0.4, -0.2) is 44.9 Å². The molecule has 0 amide bonds. The van der Waals surface area contributed by atoms with Gasteiger partial charge in [-0.1, -0.05) is 11.6 Å². The molecular weight excluding hydrogens is 428 g/mol. The molecule has 2 atom stereocenters. The Balaban J connectivity index is 0.00000256. The number of nitrogens with zero attached hydrogens (tertiary/aromatic N) is 3. The highest BCUT2D eigenvalue weighted by atomic mass is 35.5. The summed E-state index contributed by atoms with van der Waals surface area (Å²) in [6, 6.07) is 5.06. The lowest BCUT2D eigenvalue weighted by atomic mass is 10.0. The molecule has 30 heavy (non-hydrogen) atoms. The third kappa shape index (κ3) is 4.39. The van der Waals surface area contributed by atoms with Crippen LogP contribution in [-0.2, 0) is 5.54 Å². The van der Waals surface area contributed by atoms with Gasteiger partial charge in [0.25, 0.3) is 0 Å². The third-order valence-electron chi connectivity index (χ3n) is 5.28.